The maximum atomic E-state index is 14.0. The van der Waals surface area contributed by atoms with Crippen LogP contribution in [0.15, 0.2) is 218 Å². The normalized spacial score (nSPS) is 10.9. The van der Waals surface area contributed by atoms with Crippen LogP contribution in [-0.4, -0.2) is 47.2 Å². The number of benzene rings is 12. The van der Waals surface area contributed by atoms with Gasteiger partial charge in [-0.2, -0.15) is 0 Å². The largest absolute Gasteiger partial charge is 0.493 e. The quantitative estimate of drug-likeness (QED) is 0.0182. The fourth-order valence-electron chi connectivity index (χ4n) is 13.8. The molecule has 0 saturated heterocycles. The SMILES string of the molecule is CCC(=O)Nc1cccc(C)c1COc1ccc(C)cc1F.CCC(=O)Nc1cccc(C)c1COc1ccc(C)cc1F.CCC(=O)Nc1cccc(C2CC2)c1COc1ccc(C)cc1F.CCC(=O)Nc1cccc(CC)c1COc1ccc(C)cc1F.CCC(=O)Nc1cccc(CO)c1COc1ccc(C)cc1F.CCOc1cccc(NC(=O)CC)c1COc1ccc(C)cc1F. The topological polar surface area (TPSA) is 259 Å². The van der Waals surface area contributed by atoms with Crippen LogP contribution in [0.5, 0.6) is 40.2 Å². The molecular weight excluding hydrogens is 1770 g/mol. The zero-order valence-corrected chi connectivity index (χ0v) is 81.4. The lowest BCUT2D eigenvalue weighted by molar-refractivity contribution is -0.116. The lowest BCUT2D eigenvalue weighted by atomic mass is 10.0. The molecule has 0 heterocycles. The molecule has 0 aromatic heterocycles. The van der Waals surface area contributed by atoms with Crippen LogP contribution in [0.4, 0.5) is 60.5 Å². The molecule has 12 aromatic carbocycles. The highest BCUT2D eigenvalue weighted by Gasteiger charge is 2.28. The molecule has 0 radical (unpaired) electrons. The van der Waals surface area contributed by atoms with E-state index in [0.29, 0.717) is 96.2 Å². The van der Waals surface area contributed by atoms with Crippen molar-refractivity contribution in [1.29, 1.82) is 0 Å². The predicted molar refractivity (Wildman–Crippen MR) is 533 cm³/mol. The number of aliphatic hydroxyl groups excluding tert-OH is 1. The summed E-state index contributed by atoms with van der Waals surface area (Å²) in [7, 11) is 0. The van der Waals surface area contributed by atoms with Gasteiger partial charge in [-0.25, -0.2) is 26.3 Å². The van der Waals surface area contributed by atoms with Crippen molar-refractivity contribution in [3.05, 3.63) is 348 Å². The molecule has 6 amide bonds. The average molecular weight is 1890 g/mol. The molecule has 1 aliphatic carbocycles. The van der Waals surface area contributed by atoms with Gasteiger partial charge in [-0.1, -0.05) is 152 Å². The van der Waals surface area contributed by atoms with E-state index < -0.39 is 11.6 Å². The number of carbonyl (C=O) groups is 6. The molecule has 20 nitrogen and oxygen atoms in total. The van der Waals surface area contributed by atoms with Gasteiger partial charge < -0.3 is 70.2 Å². The van der Waals surface area contributed by atoms with Crippen molar-refractivity contribution < 1.29 is 93.4 Å². The predicted octanol–water partition coefficient (Wildman–Crippen LogP) is 26.3. The summed E-state index contributed by atoms with van der Waals surface area (Å²) in [5.74, 6) is -0.510. The standard InChI is InChI=1S/C20H22FNO2.C19H22FNO3.C19H22FNO2.C18H20FNO3.2C18H20FNO2/c1-3-20(23)22-18-6-4-5-15(14-8-9-14)16(18)12-24-19-10-7-13(2)11-17(19)21;1-4-19(22)21-16-7-6-8-17(23-5-2)14(16)12-24-18-10-9-13(3)11-15(18)20;1-4-14-7-6-8-17(21-19(22)5-2)15(14)12-23-18-10-9-13(3)11-16(18)20;1-3-18(22)20-16-6-4-5-13(10-21)14(16)11-23-17-8-7-12(2)9-15(17)19;2*1-4-18(21)20-16-7-5-6-13(3)14(16)11-22-17-9-8-12(2)10-15(17)19/h4-7,10-11,14H,3,8-9,12H2,1-2H3,(H,22,23);6-11H,4-5,12H2,1-3H3,(H,21,22);6-11H,4-5,12H2,1-3H3,(H,21,22);4-9,21H,3,10-11H2,1-2H3,(H,20,22);2*5-10H,4,11H2,1-3H3,(H,20,21). The summed E-state index contributed by atoms with van der Waals surface area (Å²) in [5, 5.41) is 26.6. The molecule has 26 heteroatoms. The molecule has 0 unspecified atom stereocenters. The monoisotopic (exact) mass is 1890 g/mol. The Hall–Kier alpha value is -14.4. The van der Waals surface area contributed by atoms with E-state index in [9.17, 15) is 60.2 Å². The zero-order chi connectivity index (χ0) is 100. The van der Waals surface area contributed by atoms with Gasteiger partial charge in [0, 0.05) is 94.8 Å². The minimum atomic E-state index is -0.439. The molecule has 0 aliphatic heterocycles. The van der Waals surface area contributed by atoms with Gasteiger partial charge >= 0.3 is 0 Å². The number of rotatable bonds is 35. The number of aryl methyl sites for hydroxylation is 9. The van der Waals surface area contributed by atoms with Crippen LogP contribution in [0.25, 0.3) is 0 Å². The summed E-state index contributed by atoms with van der Waals surface area (Å²) in [6, 6.07) is 62.6. The lowest BCUT2D eigenvalue weighted by Crippen LogP contribution is -2.13. The molecule has 0 spiro atoms. The molecule has 1 saturated carbocycles. The Balaban J connectivity index is 0.000000203. The van der Waals surface area contributed by atoms with Crippen LogP contribution in [0, 0.1) is 90.3 Å². The minimum Gasteiger partial charge on any atom is -0.493 e. The van der Waals surface area contributed by atoms with Crippen LogP contribution in [-0.2, 0) is 81.4 Å². The Kier molecular flexibility index (Phi) is 43.9. The van der Waals surface area contributed by atoms with Gasteiger partial charge in [-0.3, -0.25) is 28.8 Å². The van der Waals surface area contributed by atoms with E-state index in [1.54, 1.807) is 139 Å². The number of ether oxygens (including phenoxy) is 7. The molecule has 12 aromatic rings. The average Bonchev–Trinajstić information content (AvgIpc) is 1.65. The van der Waals surface area contributed by atoms with Crippen molar-refractivity contribution in [3.63, 3.8) is 0 Å². The first-order valence-corrected chi connectivity index (χ1v) is 46.2. The van der Waals surface area contributed by atoms with Gasteiger partial charge in [-0.15, -0.1) is 0 Å². The van der Waals surface area contributed by atoms with E-state index in [-0.39, 0.29) is 139 Å². The van der Waals surface area contributed by atoms with Crippen molar-refractivity contribution in [3.8, 4) is 40.2 Å². The Morgan fingerprint density at radius 3 is 0.790 bits per heavy atom. The number of nitrogens with one attached hydrogen (secondary N) is 6. The minimum absolute atomic E-state index is 0.0364. The van der Waals surface area contributed by atoms with Crippen LogP contribution in [0.1, 0.15) is 207 Å². The van der Waals surface area contributed by atoms with Crippen molar-refractivity contribution in [1.82, 2.24) is 0 Å². The Morgan fingerprint density at radius 1 is 0.275 bits per heavy atom. The smallest absolute Gasteiger partial charge is 0.224 e. The second-order valence-corrected chi connectivity index (χ2v) is 32.7. The first kappa shape index (κ1) is 109. The van der Waals surface area contributed by atoms with E-state index in [2.05, 4.69) is 38.0 Å². The van der Waals surface area contributed by atoms with Gasteiger partial charge in [0.05, 0.1) is 24.5 Å². The lowest BCUT2D eigenvalue weighted by Gasteiger charge is -2.16. The second kappa shape index (κ2) is 55.6. The number of hydrogen-bond acceptors (Lipinski definition) is 14. The number of amides is 6. The number of hydrogen-bond donors (Lipinski definition) is 7. The molecular formula is C112H126F6N6O14. The van der Waals surface area contributed by atoms with E-state index in [1.807, 2.05) is 148 Å². The Morgan fingerprint density at radius 2 is 0.514 bits per heavy atom. The fraction of sp³-hybridized carbons (Fsp3) is 0.304. The third-order valence-electron chi connectivity index (χ3n) is 21.9. The summed E-state index contributed by atoms with van der Waals surface area (Å²) in [4.78, 5) is 70.0. The zero-order valence-electron chi connectivity index (χ0n) is 81.4. The molecule has 138 heavy (non-hydrogen) atoms. The number of anilines is 6. The van der Waals surface area contributed by atoms with Gasteiger partial charge in [0.2, 0.25) is 35.4 Å². The number of aliphatic hydroxyl groups is 1. The molecule has 1 fully saturated rings. The second-order valence-electron chi connectivity index (χ2n) is 32.7. The third-order valence-corrected chi connectivity index (χ3v) is 21.9. The first-order chi connectivity index (χ1) is 66.2. The Bertz CT molecular complexity index is 5890. The van der Waals surface area contributed by atoms with E-state index in [0.717, 1.165) is 103 Å². The highest BCUT2D eigenvalue weighted by molar-refractivity contribution is 5.95. The van der Waals surface area contributed by atoms with Crippen molar-refractivity contribution in [2.24, 2.45) is 0 Å². The molecule has 730 valence electrons. The fourth-order valence-corrected chi connectivity index (χ4v) is 13.8. The summed E-state index contributed by atoms with van der Waals surface area (Å²) in [5.41, 5.74) is 18.8. The summed E-state index contributed by atoms with van der Waals surface area (Å²) in [6.45, 7) is 30.8. The number of halogens is 6. The van der Waals surface area contributed by atoms with Crippen LogP contribution in [0.3, 0.4) is 0 Å². The van der Waals surface area contributed by atoms with Gasteiger partial charge in [-0.05, 0) is 264 Å². The maximum Gasteiger partial charge on any atom is 0.224 e. The summed E-state index contributed by atoms with van der Waals surface area (Å²) in [6.07, 6.45) is 5.45. The van der Waals surface area contributed by atoms with Crippen molar-refractivity contribution in [2.45, 2.75) is 221 Å². The van der Waals surface area contributed by atoms with Gasteiger partial charge in [0.1, 0.15) is 45.4 Å². The highest BCUT2D eigenvalue weighted by Crippen LogP contribution is 2.44. The highest BCUT2D eigenvalue weighted by atomic mass is 19.1. The van der Waals surface area contributed by atoms with Gasteiger partial charge in [0.15, 0.2) is 69.4 Å². The third kappa shape index (κ3) is 34.1. The van der Waals surface area contributed by atoms with E-state index >= 15 is 0 Å². The molecule has 0 atom stereocenters. The van der Waals surface area contributed by atoms with Crippen LogP contribution >= 0.6 is 0 Å². The molecule has 7 N–H and O–H groups in total. The van der Waals surface area contributed by atoms with Crippen LogP contribution < -0.4 is 65.1 Å². The van der Waals surface area contributed by atoms with E-state index in [1.165, 1.54) is 42.0 Å². The summed E-state index contributed by atoms with van der Waals surface area (Å²) < 4.78 is 123. The number of carbonyl (C=O) groups excluding carboxylic acids is 6. The molecule has 13 rings (SSSR count). The van der Waals surface area contributed by atoms with E-state index in [4.69, 9.17) is 33.2 Å². The van der Waals surface area contributed by atoms with Crippen molar-refractivity contribution in [2.75, 3.05) is 38.5 Å². The molecule has 0 bridgehead atoms. The Labute approximate surface area is 806 Å². The summed E-state index contributed by atoms with van der Waals surface area (Å²) >= 11 is 0. The first-order valence-electron chi connectivity index (χ1n) is 46.2. The maximum absolute atomic E-state index is 14.0. The van der Waals surface area contributed by atoms with Crippen molar-refractivity contribution >= 4 is 69.6 Å². The molecule has 1 aliphatic rings. The van der Waals surface area contributed by atoms with Gasteiger partial charge in [0.25, 0.3) is 0 Å². The van der Waals surface area contributed by atoms with Crippen LogP contribution in [0.2, 0.25) is 0 Å².